The summed E-state index contributed by atoms with van der Waals surface area (Å²) in [6, 6.07) is 5.13. The van der Waals surface area contributed by atoms with E-state index in [9.17, 15) is 4.79 Å². The van der Waals surface area contributed by atoms with Crippen molar-refractivity contribution < 1.29 is 4.79 Å². The molecule has 1 aromatic carbocycles. The maximum absolute atomic E-state index is 12.6. The Kier molecular flexibility index (Phi) is 5.05. The molecule has 1 aromatic rings. The van der Waals surface area contributed by atoms with Gasteiger partial charge in [-0.15, -0.1) is 0 Å². The monoisotopic (exact) mass is 314 g/mol. The molecule has 3 heteroatoms. The average Bonchev–Trinajstić information content (AvgIpc) is 2.53. The van der Waals surface area contributed by atoms with Crippen LogP contribution in [0.5, 0.6) is 0 Å². The van der Waals surface area contributed by atoms with Crippen LogP contribution >= 0.6 is 0 Å². The third kappa shape index (κ3) is 3.77. The molecule has 1 fully saturated rings. The van der Waals surface area contributed by atoms with Crippen LogP contribution < -0.4 is 0 Å². The molecule has 0 bridgehead atoms. The summed E-state index contributed by atoms with van der Waals surface area (Å²) in [5.74, 6) is 0.341. The molecule has 0 aliphatic carbocycles. The largest absolute Gasteiger partial charge is 0.338 e. The van der Waals surface area contributed by atoms with Crippen molar-refractivity contribution in [3.63, 3.8) is 0 Å². The van der Waals surface area contributed by atoms with Crippen molar-refractivity contribution in [1.82, 2.24) is 9.80 Å². The first-order chi connectivity index (χ1) is 11.0. The second-order valence-electron chi connectivity index (χ2n) is 7.45. The summed E-state index contributed by atoms with van der Waals surface area (Å²) in [6.45, 7) is 7.22. The van der Waals surface area contributed by atoms with Gasteiger partial charge in [0.25, 0.3) is 0 Å². The Morgan fingerprint density at radius 3 is 2.83 bits per heavy atom. The lowest BCUT2D eigenvalue weighted by Crippen LogP contribution is -2.39. The van der Waals surface area contributed by atoms with Gasteiger partial charge in [0.2, 0.25) is 5.91 Å². The Hall–Kier alpha value is -1.35. The maximum Gasteiger partial charge on any atom is 0.222 e. The van der Waals surface area contributed by atoms with Gasteiger partial charge in [-0.05, 0) is 69.8 Å². The highest BCUT2D eigenvalue weighted by molar-refractivity contribution is 5.76. The number of hydrogen-bond acceptors (Lipinski definition) is 2. The highest BCUT2D eigenvalue weighted by atomic mass is 16.2. The van der Waals surface area contributed by atoms with E-state index >= 15 is 0 Å². The molecule has 1 unspecified atom stereocenters. The predicted molar refractivity (Wildman–Crippen MR) is 94.5 cm³/mol. The fraction of sp³-hybridized carbons (Fsp3) is 0.650. The number of carbonyl (C=O) groups is 1. The van der Waals surface area contributed by atoms with Crippen LogP contribution in [0.2, 0.25) is 0 Å². The molecule has 1 atom stereocenters. The number of piperidine rings is 1. The van der Waals surface area contributed by atoms with E-state index < -0.39 is 0 Å². The minimum Gasteiger partial charge on any atom is -0.338 e. The Morgan fingerprint density at radius 1 is 1.22 bits per heavy atom. The quantitative estimate of drug-likeness (QED) is 0.853. The molecule has 0 aromatic heterocycles. The van der Waals surface area contributed by atoms with E-state index in [4.69, 9.17) is 0 Å². The first kappa shape index (κ1) is 16.5. The first-order valence-electron chi connectivity index (χ1n) is 9.11. The third-order valence-electron chi connectivity index (χ3n) is 5.67. The van der Waals surface area contributed by atoms with E-state index in [1.165, 1.54) is 48.1 Å². The number of likely N-dealkylation sites (tertiary alicyclic amines) is 1. The Labute approximate surface area is 140 Å². The lowest BCUT2D eigenvalue weighted by Gasteiger charge is -2.34. The molecule has 0 radical (unpaired) electrons. The fourth-order valence-corrected chi connectivity index (χ4v) is 4.29. The molecule has 0 saturated carbocycles. The van der Waals surface area contributed by atoms with Crippen LogP contribution in [0.25, 0.3) is 0 Å². The number of amides is 1. The number of nitrogens with zero attached hydrogens (tertiary/aromatic N) is 2. The van der Waals surface area contributed by atoms with Crippen LogP contribution in [0.1, 0.15) is 54.4 Å². The van der Waals surface area contributed by atoms with Crippen molar-refractivity contribution in [2.45, 2.75) is 65.0 Å². The van der Waals surface area contributed by atoms with Crippen LogP contribution in [-0.4, -0.2) is 41.9 Å². The van der Waals surface area contributed by atoms with E-state index in [1.807, 2.05) is 0 Å². The van der Waals surface area contributed by atoms with Gasteiger partial charge in [0.1, 0.15) is 0 Å². The summed E-state index contributed by atoms with van der Waals surface area (Å²) in [6.07, 6.45) is 6.61. The van der Waals surface area contributed by atoms with Crippen LogP contribution in [0.15, 0.2) is 12.1 Å². The zero-order valence-corrected chi connectivity index (χ0v) is 14.9. The van der Waals surface area contributed by atoms with Crippen molar-refractivity contribution in [2.24, 2.45) is 0 Å². The van der Waals surface area contributed by atoms with Crippen LogP contribution in [0.3, 0.4) is 0 Å². The smallest absolute Gasteiger partial charge is 0.222 e. The van der Waals surface area contributed by atoms with Crippen molar-refractivity contribution in [2.75, 3.05) is 20.1 Å². The van der Waals surface area contributed by atoms with Gasteiger partial charge >= 0.3 is 0 Å². The summed E-state index contributed by atoms with van der Waals surface area (Å²) in [5, 5.41) is 0. The Morgan fingerprint density at radius 2 is 2.04 bits per heavy atom. The van der Waals surface area contributed by atoms with E-state index in [2.05, 4.69) is 42.8 Å². The van der Waals surface area contributed by atoms with Crippen LogP contribution in [0.4, 0.5) is 0 Å². The van der Waals surface area contributed by atoms with Crippen molar-refractivity contribution >= 4 is 5.91 Å². The van der Waals surface area contributed by atoms with Gasteiger partial charge in [-0.3, -0.25) is 4.79 Å². The molecule has 1 amide bonds. The van der Waals surface area contributed by atoms with E-state index in [-0.39, 0.29) is 0 Å². The first-order valence-corrected chi connectivity index (χ1v) is 9.11. The minimum atomic E-state index is 0.341. The molecule has 23 heavy (non-hydrogen) atoms. The average molecular weight is 314 g/mol. The van der Waals surface area contributed by atoms with Crippen molar-refractivity contribution in [3.8, 4) is 0 Å². The number of aryl methyl sites for hydroxylation is 2. The number of carbonyl (C=O) groups excluding carboxylic acids is 1. The Balaban J connectivity index is 1.58. The van der Waals surface area contributed by atoms with E-state index in [0.29, 0.717) is 18.4 Å². The van der Waals surface area contributed by atoms with Gasteiger partial charge < -0.3 is 9.80 Å². The molecule has 3 nitrogen and oxygen atoms in total. The standard InChI is InChI=1S/C20H30N2O/c1-15-12-16(2)19-9-11-22(14-17(19)13-15)20(23)8-7-18-6-4-5-10-21(18)3/h12-13,18H,4-11,14H2,1-3H3. The van der Waals surface area contributed by atoms with Crippen molar-refractivity contribution in [3.05, 3.63) is 34.4 Å². The second-order valence-corrected chi connectivity index (χ2v) is 7.45. The topological polar surface area (TPSA) is 23.6 Å². The van der Waals surface area contributed by atoms with Gasteiger partial charge in [-0.1, -0.05) is 24.1 Å². The highest BCUT2D eigenvalue weighted by Crippen LogP contribution is 2.25. The molecule has 126 valence electrons. The molecular formula is C20H30N2O. The number of fused-ring (bicyclic) bond motifs is 1. The molecule has 1 saturated heterocycles. The summed E-state index contributed by atoms with van der Waals surface area (Å²) in [7, 11) is 2.21. The molecule has 2 aliphatic rings. The van der Waals surface area contributed by atoms with Gasteiger partial charge in [0.15, 0.2) is 0 Å². The molecule has 0 spiro atoms. The van der Waals surface area contributed by atoms with Gasteiger partial charge in [-0.25, -0.2) is 0 Å². The van der Waals surface area contributed by atoms with E-state index in [1.54, 1.807) is 0 Å². The lowest BCUT2D eigenvalue weighted by molar-refractivity contribution is -0.132. The predicted octanol–water partition coefficient (Wildman–Crippen LogP) is 3.45. The van der Waals surface area contributed by atoms with Gasteiger partial charge in [-0.2, -0.15) is 0 Å². The molecular weight excluding hydrogens is 284 g/mol. The zero-order chi connectivity index (χ0) is 16.4. The number of hydrogen-bond donors (Lipinski definition) is 0. The summed E-state index contributed by atoms with van der Waals surface area (Å²) in [4.78, 5) is 17.1. The van der Waals surface area contributed by atoms with E-state index in [0.717, 1.165) is 25.9 Å². The molecule has 3 rings (SSSR count). The van der Waals surface area contributed by atoms with Crippen LogP contribution in [-0.2, 0) is 17.8 Å². The fourth-order valence-electron chi connectivity index (χ4n) is 4.29. The van der Waals surface area contributed by atoms with Gasteiger partial charge in [0, 0.05) is 25.6 Å². The molecule has 2 aliphatic heterocycles. The SMILES string of the molecule is Cc1cc(C)c2c(c1)CN(C(=O)CCC1CCCCN1C)CC2. The molecule has 0 N–H and O–H groups in total. The van der Waals surface area contributed by atoms with Gasteiger partial charge in [0.05, 0.1) is 0 Å². The lowest BCUT2D eigenvalue weighted by atomic mass is 9.92. The third-order valence-corrected chi connectivity index (χ3v) is 5.67. The highest BCUT2D eigenvalue weighted by Gasteiger charge is 2.24. The normalized spacial score (nSPS) is 22.0. The van der Waals surface area contributed by atoms with Crippen molar-refractivity contribution in [1.29, 1.82) is 0 Å². The summed E-state index contributed by atoms with van der Waals surface area (Å²) >= 11 is 0. The molecule has 2 heterocycles. The number of rotatable bonds is 3. The summed E-state index contributed by atoms with van der Waals surface area (Å²) in [5.41, 5.74) is 5.51. The Bertz CT molecular complexity index is 581. The van der Waals surface area contributed by atoms with Crippen LogP contribution in [0, 0.1) is 13.8 Å². The number of benzene rings is 1. The summed E-state index contributed by atoms with van der Waals surface area (Å²) < 4.78 is 0. The maximum atomic E-state index is 12.6. The minimum absolute atomic E-state index is 0.341. The zero-order valence-electron chi connectivity index (χ0n) is 14.9. The second kappa shape index (κ2) is 7.04.